The molecule has 3 rings (SSSR count). The molecular weight excluding hydrogens is 537 g/mol. The number of aryl methyl sites for hydroxylation is 1. The molecule has 9 heteroatoms. The smallest absolute Gasteiger partial charge is 0.191 e. The van der Waals surface area contributed by atoms with Crippen molar-refractivity contribution in [3.05, 3.63) is 45.9 Å². The lowest BCUT2D eigenvalue weighted by molar-refractivity contribution is 0.0392. The first-order chi connectivity index (χ1) is 15.1. The molecule has 0 radical (unpaired) electrons. The fraction of sp³-hybridized carbons (Fsp3) is 0.565. The van der Waals surface area contributed by atoms with Crippen LogP contribution in [0, 0.1) is 6.92 Å². The van der Waals surface area contributed by atoms with Gasteiger partial charge in [-0.1, -0.05) is 12.1 Å². The first-order valence-corrected chi connectivity index (χ1v) is 11.8. The van der Waals surface area contributed by atoms with Crippen LogP contribution in [-0.4, -0.2) is 68.9 Å². The number of hydrogen-bond acceptors (Lipinski definition) is 6. The predicted octanol–water partition coefficient (Wildman–Crippen LogP) is 3.47. The van der Waals surface area contributed by atoms with Crippen molar-refractivity contribution in [1.29, 1.82) is 0 Å². The second-order valence-electron chi connectivity index (χ2n) is 7.79. The van der Waals surface area contributed by atoms with Gasteiger partial charge in [0.25, 0.3) is 0 Å². The Morgan fingerprint density at radius 1 is 1.31 bits per heavy atom. The fourth-order valence-electron chi connectivity index (χ4n) is 3.57. The Balaban J connectivity index is 0.00000363. The largest absolute Gasteiger partial charge is 0.492 e. The first-order valence-electron chi connectivity index (χ1n) is 11.0. The Kier molecular flexibility index (Phi) is 12.3. The Morgan fingerprint density at radius 2 is 2.12 bits per heavy atom. The van der Waals surface area contributed by atoms with Gasteiger partial charge < -0.3 is 20.1 Å². The van der Waals surface area contributed by atoms with E-state index < -0.39 is 0 Å². The number of halogens is 1. The molecule has 0 aliphatic carbocycles. The highest BCUT2D eigenvalue weighted by molar-refractivity contribution is 14.0. The average Bonchev–Trinajstić information content (AvgIpc) is 3.22. The Bertz CT molecular complexity index is 826. The van der Waals surface area contributed by atoms with Gasteiger partial charge in [0.1, 0.15) is 12.4 Å². The summed E-state index contributed by atoms with van der Waals surface area (Å²) in [5, 5.41) is 7.86. The minimum Gasteiger partial charge on any atom is -0.492 e. The van der Waals surface area contributed by atoms with Crippen LogP contribution in [0.25, 0.3) is 0 Å². The topological polar surface area (TPSA) is 71.0 Å². The van der Waals surface area contributed by atoms with Crippen molar-refractivity contribution in [3.63, 3.8) is 0 Å². The molecule has 1 saturated heterocycles. The molecule has 2 heterocycles. The Morgan fingerprint density at radius 3 is 2.84 bits per heavy atom. The van der Waals surface area contributed by atoms with Gasteiger partial charge in [0, 0.05) is 63.4 Å². The van der Waals surface area contributed by atoms with Gasteiger partial charge >= 0.3 is 0 Å². The van der Waals surface area contributed by atoms with E-state index in [0.717, 1.165) is 67.8 Å². The van der Waals surface area contributed by atoms with Crippen molar-refractivity contribution in [2.75, 3.05) is 47.0 Å². The lowest BCUT2D eigenvalue weighted by atomic mass is 10.1. The minimum absolute atomic E-state index is 0. The molecule has 0 spiro atoms. The van der Waals surface area contributed by atoms with Gasteiger partial charge in [-0.15, -0.1) is 35.3 Å². The van der Waals surface area contributed by atoms with E-state index in [2.05, 4.69) is 51.6 Å². The molecule has 1 fully saturated rings. The highest BCUT2D eigenvalue weighted by Gasteiger charge is 2.17. The highest BCUT2D eigenvalue weighted by atomic mass is 127. The third kappa shape index (κ3) is 9.21. The van der Waals surface area contributed by atoms with E-state index in [4.69, 9.17) is 9.47 Å². The molecule has 32 heavy (non-hydrogen) atoms. The monoisotopic (exact) mass is 573 g/mol. The molecule has 0 unspecified atom stereocenters. The van der Waals surface area contributed by atoms with E-state index in [9.17, 15) is 0 Å². The van der Waals surface area contributed by atoms with Crippen LogP contribution in [0.3, 0.4) is 0 Å². The minimum atomic E-state index is 0. The molecule has 0 saturated carbocycles. The normalized spacial score (nSPS) is 14.8. The number of rotatable bonds is 10. The van der Waals surface area contributed by atoms with Crippen LogP contribution < -0.4 is 15.4 Å². The summed E-state index contributed by atoms with van der Waals surface area (Å²) >= 11 is 1.74. The number of thiazole rings is 1. The number of ether oxygens (including phenoxy) is 2. The second kappa shape index (κ2) is 14.7. The lowest BCUT2D eigenvalue weighted by Crippen LogP contribution is -2.38. The molecule has 0 bridgehead atoms. The van der Waals surface area contributed by atoms with Crippen molar-refractivity contribution in [3.8, 4) is 5.75 Å². The molecule has 1 aromatic carbocycles. The average molecular weight is 574 g/mol. The highest BCUT2D eigenvalue weighted by Crippen LogP contribution is 2.15. The molecule has 2 aromatic rings. The van der Waals surface area contributed by atoms with Gasteiger partial charge in [-0.2, -0.15) is 0 Å². The van der Waals surface area contributed by atoms with E-state index in [1.165, 1.54) is 4.88 Å². The third-order valence-corrected chi connectivity index (χ3v) is 6.38. The fourth-order valence-corrected chi connectivity index (χ4v) is 4.36. The van der Waals surface area contributed by atoms with E-state index in [0.29, 0.717) is 19.2 Å². The van der Waals surface area contributed by atoms with E-state index in [-0.39, 0.29) is 24.0 Å². The zero-order chi connectivity index (χ0) is 21.9. The quantitative estimate of drug-likeness (QED) is 0.258. The van der Waals surface area contributed by atoms with Crippen molar-refractivity contribution in [2.45, 2.75) is 38.8 Å². The van der Waals surface area contributed by atoms with Gasteiger partial charge in [-0.25, -0.2) is 4.98 Å². The summed E-state index contributed by atoms with van der Waals surface area (Å²) in [7, 11) is 3.96. The van der Waals surface area contributed by atoms with Gasteiger partial charge in [0.2, 0.25) is 0 Å². The van der Waals surface area contributed by atoms with E-state index in [1.54, 1.807) is 18.4 Å². The molecule has 2 N–H and O–H groups in total. The molecule has 178 valence electrons. The predicted molar refractivity (Wildman–Crippen MR) is 143 cm³/mol. The summed E-state index contributed by atoms with van der Waals surface area (Å²) < 4.78 is 11.5. The number of nitrogens with one attached hydrogen (secondary N) is 2. The third-order valence-electron chi connectivity index (χ3n) is 5.41. The maximum absolute atomic E-state index is 6.00. The van der Waals surface area contributed by atoms with Crippen molar-refractivity contribution in [2.24, 2.45) is 4.99 Å². The summed E-state index contributed by atoms with van der Waals surface area (Å²) in [6.07, 6.45) is 5.03. The SMILES string of the molecule is CN=C(NCCc1ncc(C)s1)NCc1cccc(OCCN(C)C2CCOCC2)c1.I. The van der Waals surface area contributed by atoms with E-state index in [1.807, 2.05) is 18.3 Å². The number of likely N-dealkylation sites (N-methyl/N-ethyl adjacent to an activating group) is 1. The van der Waals surface area contributed by atoms with Crippen LogP contribution in [0.1, 0.15) is 28.3 Å². The zero-order valence-corrected chi connectivity index (χ0v) is 22.4. The lowest BCUT2D eigenvalue weighted by Gasteiger charge is -2.31. The molecule has 0 amide bonds. The van der Waals surface area contributed by atoms with Crippen LogP contribution in [0.15, 0.2) is 35.5 Å². The second-order valence-corrected chi connectivity index (χ2v) is 9.11. The summed E-state index contributed by atoms with van der Waals surface area (Å²) in [5.41, 5.74) is 1.16. The van der Waals surface area contributed by atoms with Crippen LogP contribution in [-0.2, 0) is 17.7 Å². The van der Waals surface area contributed by atoms with Crippen molar-refractivity contribution < 1.29 is 9.47 Å². The Labute approximate surface area is 213 Å². The molecule has 7 nitrogen and oxygen atoms in total. The number of hydrogen-bond donors (Lipinski definition) is 2. The number of aliphatic imine (C=N–C) groups is 1. The van der Waals surface area contributed by atoms with Gasteiger partial charge in [0.05, 0.1) is 5.01 Å². The van der Waals surface area contributed by atoms with Gasteiger partial charge in [-0.05, 0) is 44.5 Å². The van der Waals surface area contributed by atoms with Crippen LogP contribution in [0.4, 0.5) is 0 Å². The van der Waals surface area contributed by atoms with Crippen LogP contribution in [0.5, 0.6) is 5.75 Å². The molecule has 0 atom stereocenters. The first kappa shape index (κ1) is 26.8. The van der Waals surface area contributed by atoms with Crippen LogP contribution in [0.2, 0.25) is 0 Å². The summed E-state index contributed by atoms with van der Waals surface area (Å²) in [6, 6.07) is 8.84. The number of aromatic nitrogens is 1. The molecular formula is C23H36IN5O2S. The summed E-state index contributed by atoms with van der Waals surface area (Å²) in [6.45, 7) is 6.91. The zero-order valence-electron chi connectivity index (χ0n) is 19.3. The molecule has 1 aliphatic heterocycles. The van der Waals surface area contributed by atoms with Crippen molar-refractivity contribution >= 4 is 41.3 Å². The standard InChI is InChI=1S/C23H35N5O2S.HI/c1-18-16-26-22(31-18)7-10-25-23(24-2)27-17-19-5-4-6-21(15-19)30-14-11-28(3)20-8-12-29-13-9-20;/h4-6,15-16,20H,7-14,17H2,1-3H3,(H2,24,25,27);1H. The van der Waals surface area contributed by atoms with Gasteiger partial charge in [-0.3, -0.25) is 9.89 Å². The van der Waals surface area contributed by atoms with E-state index >= 15 is 0 Å². The Hall–Kier alpha value is -1.43. The number of nitrogens with zero attached hydrogens (tertiary/aromatic N) is 3. The molecule has 1 aromatic heterocycles. The van der Waals surface area contributed by atoms with Gasteiger partial charge in [0.15, 0.2) is 5.96 Å². The maximum Gasteiger partial charge on any atom is 0.191 e. The number of benzene rings is 1. The summed E-state index contributed by atoms with van der Waals surface area (Å²) in [5.74, 6) is 1.69. The van der Waals surface area contributed by atoms with Crippen LogP contribution >= 0.6 is 35.3 Å². The number of guanidine groups is 1. The summed E-state index contributed by atoms with van der Waals surface area (Å²) in [4.78, 5) is 12.3. The molecule has 1 aliphatic rings. The maximum atomic E-state index is 6.00. The van der Waals surface area contributed by atoms with Crippen molar-refractivity contribution in [1.82, 2.24) is 20.5 Å².